The molecule has 0 aliphatic carbocycles. The predicted molar refractivity (Wildman–Crippen MR) is 63.4 cm³/mol. The molecule has 0 fully saturated rings. The van der Waals surface area contributed by atoms with Crippen molar-refractivity contribution in [1.82, 2.24) is 4.90 Å². The molecule has 0 aliphatic rings. The normalized spacial score (nSPS) is 10.1. The van der Waals surface area contributed by atoms with Crippen LogP contribution in [0.1, 0.15) is 29.8 Å². The standard InChI is InChI=1S/C12H16ClNO/c1-4-14(5-2)12(15)11-8-10(13)7-6-9(11)3/h6-8H,4-5H2,1-3H3. The molecule has 3 heteroatoms. The van der Waals surface area contributed by atoms with Crippen LogP contribution in [0.2, 0.25) is 5.02 Å². The monoisotopic (exact) mass is 225 g/mol. The molecule has 1 amide bonds. The van der Waals surface area contributed by atoms with Crippen molar-refractivity contribution in [2.45, 2.75) is 20.8 Å². The lowest BCUT2D eigenvalue weighted by Crippen LogP contribution is -2.30. The maximum absolute atomic E-state index is 12.0. The number of rotatable bonds is 3. The molecule has 15 heavy (non-hydrogen) atoms. The second kappa shape index (κ2) is 5.17. The highest BCUT2D eigenvalue weighted by molar-refractivity contribution is 6.31. The number of hydrogen-bond donors (Lipinski definition) is 0. The van der Waals surface area contributed by atoms with Crippen LogP contribution in [0, 0.1) is 6.92 Å². The quantitative estimate of drug-likeness (QED) is 0.774. The van der Waals surface area contributed by atoms with Gasteiger partial charge in [-0.3, -0.25) is 4.79 Å². The topological polar surface area (TPSA) is 20.3 Å². The molecule has 0 atom stereocenters. The summed E-state index contributed by atoms with van der Waals surface area (Å²) in [4.78, 5) is 13.8. The first kappa shape index (κ1) is 12.1. The molecule has 0 N–H and O–H groups in total. The predicted octanol–water partition coefficient (Wildman–Crippen LogP) is 3.13. The van der Waals surface area contributed by atoms with Crippen LogP contribution in [0.4, 0.5) is 0 Å². The van der Waals surface area contributed by atoms with E-state index in [1.54, 1.807) is 17.0 Å². The van der Waals surface area contributed by atoms with E-state index in [-0.39, 0.29) is 5.91 Å². The zero-order valence-corrected chi connectivity index (χ0v) is 10.1. The maximum Gasteiger partial charge on any atom is 0.254 e. The lowest BCUT2D eigenvalue weighted by atomic mass is 10.1. The van der Waals surface area contributed by atoms with Crippen LogP contribution in [-0.2, 0) is 0 Å². The van der Waals surface area contributed by atoms with Gasteiger partial charge >= 0.3 is 0 Å². The van der Waals surface area contributed by atoms with E-state index in [4.69, 9.17) is 11.6 Å². The summed E-state index contributed by atoms with van der Waals surface area (Å²) in [7, 11) is 0. The first-order valence-corrected chi connectivity index (χ1v) is 5.53. The summed E-state index contributed by atoms with van der Waals surface area (Å²) in [6.45, 7) is 7.32. The van der Waals surface area contributed by atoms with E-state index in [9.17, 15) is 4.79 Å². The van der Waals surface area contributed by atoms with E-state index in [2.05, 4.69) is 0 Å². The van der Waals surface area contributed by atoms with Gasteiger partial charge in [0.1, 0.15) is 0 Å². The number of carbonyl (C=O) groups is 1. The third kappa shape index (κ3) is 2.72. The maximum atomic E-state index is 12.0. The number of carbonyl (C=O) groups excluding carboxylic acids is 1. The number of halogens is 1. The van der Waals surface area contributed by atoms with Crippen molar-refractivity contribution < 1.29 is 4.79 Å². The number of nitrogens with zero attached hydrogens (tertiary/aromatic N) is 1. The molecule has 1 aromatic rings. The van der Waals surface area contributed by atoms with Gasteiger partial charge in [0.05, 0.1) is 0 Å². The molecule has 0 saturated heterocycles. The fourth-order valence-electron chi connectivity index (χ4n) is 1.51. The van der Waals surface area contributed by atoms with Crippen molar-refractivity contribution in [2.24, 2.45) is 0 Å². The fraction of sp³-hybridized carbons (Fsp3) is 0.417. The molecular weight excluding hydrogens is 210 g/mol. The third-order valence-corrected chi connectivity index (χ3v) is 2.72. The van der Waals surface area contributed by atoms with Crippen molar-refractivity contribution in [1.29, 1.82) is 0 Å². The van der Waals surface area contributed by atoms with E-state index in [1.807, 2.05) is 26.8 Å². The SMILES string of the molecule is CCN(CC)C(=O)c1cc(Cl)ccc1C. The molecule has 0 heterocycles. The summed E-state index contributed by atoms with van der Waals surface area (Å²) in [6.07, 6.45) is 0. The van der Waals surface area contributed by atoms with Gasteiger partial charge in [-0.05, 0) is 38.5 Å². The van der Waals surface area contributed by atoms with Gasteiger partial charge in [-0.15, -0.1) is 0 Å². The molecule has 82 valence electrons. The Morgan fingerprint density at radius 2 is 1.93 bits per heavy atom. The molecule has 0 unspecified atom stereocenters. The number of benzene rings is 1. The zero-order chi connectivity index (χ0) is 11.4. The van der Waals surface area contributed by atoms with Gasteiger partial charge in [0.15, 0.2) is 0 Å². The Balaban J connectivity index is 3.04. The summed E-state index contributed by atoms with van der Waals surface area (Å²) in [6, 6.07) is 5.41. The third-order valence-electron chi connectivity index (χ3n) is 2.48. The van der Waals surface area contributed by atoms with Gasteiger partial charge in [0.2, 0.25) is 0 Å². The molecule has 0 saturated carbocycles. The van der Waals surface area contributed by atoms with Gasteiger partial charge in [-0.25, -0.2) is 0 Å². The lowest BCUT2D eigenvalue weighted by Gasteiger charge is -2.19. The van der Waals surface area contributed by atoms with Crippen LogP contribution in [0.5, 0.6) is 0 Å². The van der Waals surface area contributed by atoms with Gasteiger partial charge < -0.3 is 4.90 Å². The number of hydrogen-bond acceptors (Lipinski definition) is 1. The molecule has 1 aromatic carbocycles. The molecule has 0 aliphatic heterocycles. The first-order valence-electron chi connectivity index (χ1n) is 5.15. The van der Waals surface area contributed by atoms with E-state index in [0.29, 0.717) is 10.6 Å². The van der Waals surface area contributed by atoms with Crippen LogP contribution in [0.15, 0.2) is 18.2 Å². The van der Waals surface area contributed by atoms with Crippen molar-refractivity contribution in [3.63, 3.8) is 0 Å². The van der Waals surface area contributed by atoms with Crippen LogP contribution in [0.25, 0.3) is 0 Å². The Kier molecular flexibility index (Phi) is 4.15. The summed E-state index contributed by atoms with van der Waals surface area (Å²) in [5, 5.41) is 0.608. The Bertz CT molecular complexity index is 359. The van der Waals surface area contributed by atoms with Gasteiger partial charge in [0.25, 0.3) is 5.91 Å². The summed E-state index contributed by atoms with van der Waals surface area (Å²) in [5.41, 5.74) is 1.67. The minimum Gasteiger partial charge on any atom is -0.339 e. The highest BCUT2D eigenvalue weighted by Crippen LogP contribution is 2.17. The van der Waals surface area contributed by atoms with E-state index >= 15 is 0 Å². The molecule has 1 rings (SSSR count). The van der Waals surface area contributed by atoms with Crippen LogP contribution in [0.3, 0.4) is 0 Å². The molecular formula is C12H16ClNO. The van der Waals surface area contributed by atoms with E-state index in [0.717, 1.165) is 18.7 Å². The first-order chi connectivity index (χ1) is 7.10. The van der Waals surface area contributed by atoms with Crippen LogP contribution < -0.4 is 0 Å². The summed E-state index contributed by atoms with van der Waals surface area (Å²) < 4.78 is 0. The Hall–Kier alpha value is -1.02. The van der Waals surface area contributed by atoms with Crippen LogP contribution in [-0.4, -0.2) is 23.9 Å². The molecule has 0 radical (unpaired) electrons. The van der Waals surface area contributed by atoms with Crippen LogP contribution >= 0.6 is 11.6 Å². The summed E-state index contributed by atoms with van der Waals surface area (Å²) >= 11 is 5.88. The van der Waals surface area contributed by atoms with Crippen molar-refractivity contribution in [3.05, 3.63) is 34.3 Å². The highest BCUT2D eigenvalue weighted by Gasteiger charge is 2.14. The fourth-order valence-corrected chi connectivity index (χ4v) is 1.68. The second-order valence-corrected chi connectivity index (χ2v) is 3.87. The minimum atomic E-state index is 0.0556. The zero-order valence-electron chi connectivity index (χ0n) is 9.38. The van der Waals surface area contributed by atoms with Crippen molar-refractivity contribution in [3.8, 4) is 0 Å². The molecule has 0 bridgehead atoms. The van der Waals surface area contributed by atoms with Gasteiger partial charge in [-0.2, -0.15) is 0 Å². The van der Waals surface area contributed by atoms with Gasteiger partial charge in [-0.1, -0.05) is 17.7 Å². The average molecular weight is 226 g/mol. The Morgan fingerprint density at radius 3 is 2.47 bits per heavy atom. The smallest absolute Gasteiger partial charge is 0.254 e. The molecule has 2 nitrogen and oxygen atoms in total. The summed E-state index contributed by atoms with van der Waals surface area (Å²) in [5.74, 6) is 0.0556. The number of amides is 1. The number of aryl methyl sites for hydroxylation is 1. The minimum absolute atomic E-state index is 0.0556. The van der Waals surface area contributed by atoms with E-state index in [1.165, 1.54) is 0 Å². The molecule has 0 aromatic heterocycles. The largest absolute Gasteiger partial charge is 0.339 e. The van der Waals surface area contributed by atoms with Crippen molar-refractivity contribution in [2.75, 3.05) is 13.1 Å². The average Bonchev–Trinajstić information content (AvgIpc) is 2.23. The highest BCUT2D eigenvalue weighted by atomic mass is 35.5. The second-order valence-electron chi connectivity index (χ2n) is 3.44. The Morgan fingerprint density at radius 1 is 1.33 bits per heavy atom. The molecule has 0 spiro atoms. The lowest BCUT2D eigenvalue weighted by molar-refractivity contribution is 0.0772. The van der Waals surface area contributed by atoms with Gasteiger partial charge in [0, 0.05) is 23.7 Å². The van der Waals surface area contributed by atoms with Crippen molar-refractivity contribution >= 4 is 17.5 Å². The van der Waals surface area contributed by atoms with E-state index < -0.39 is 0 Å². The Labute approximate surface area is 95.8 Å².